The van der Waals surface area contributed by atoms with Crippen molar-refractivity contribution in [2.45, 2.75) is 25.2 Å². The van der Waals surface area contributed by atoms with E-state index in [1.807, 2.05) is 54.6 Å². The van der Waals surface area contributed by atoms with Crippen LogP contribution in [-0.4, -0.2) is 23.9 Å². The first-order valence-corrected chi connectivity index (χ1v) is 11.9. The maximum atomic E-state index is 12.9. The zero-order valence-corrected chi connectivity index (χ0v) is 19.5. The van der Waals surface area contributed by atoms with Crippen LogP contribution in [-0.2, 0) is 9.53 Å². The second-order valence-corrected chi connectivity index (χ2v) is 9.50. The molecule has 2 aliphatic heterocycles. The van der Waals surface area contributed by atoms with Gasteiger partial charge >= 0.3 is 5.97 Å². The van der Waals surface area contributed by atoms with E-state index in [9.17, 15) is 4.79 Å². The monoisotopic (exact) mass is 470 g/mol. The van der Waals surface area contributed by atoms with Crippen LogP contribution in [0.5, 0.6) is 11.5 Å². The third-order valence-electron chi connectivity index (χ3n) is 6.19. The molecule has 0 saturated carbocycles. The van der Waals surface area contributed by atoms with E-state index in [0.717, 1.165) is 26.5 Å². The molecular formula is C27H22N2O4S. The lowest BCUT2D eigenvalue weighted by Gasteiger charge is -2.44. The van der Waals surface area contributed by atoms with E-state index >= 15 is 0 Å². The first-order chi connectivity index (χ1) is 16.5. The smallest absolute Gasteiger partial charge is 0.341 e. The van der Waals surface area contributed by atoms with Gasteiger partial charge in [0.2, 0.25) is 0 Å². The van der Waals surface area contributed by atoms with Gasteiger partial charge in [-0.25, -0.2) is 9.78 Å². The summed E-state index contributed by atoms with van der Waals surface area (Å²) in [5, 5.41) is 4.39. The highest BCUT2D eigenvalue weighted by Crippen LogP contribution is 2.48. The Labute approximate surface area is 200 Å². The van der Waals surface area contributed by atoms with Crippen molar-refractivity contribution in [3.05, 3.63) is 89.0 Å². The van der Waals surface area contributed by atoms with Gasteiger partial charge in [0.15, 0.2) is 5.13 Å². The third kappa shape index (κ3) is 3.40. The van der Waals surface area contributed by atoms with Gasteiger partial charge in [0.25, 0.3) is 5.79 Å². The number of para-hydroxylation sites is 2. The Bertz CT molecular complexity index is 1460. The number of fused-ring (bicyclic) bond motifs is 3. The zero-order valence-electron chi connectivity index (χ0n) is 18.7. The highest BCUT2D eigenvalue weighted by atomic mass is 32.1. The SMILES string of the molecule is COC(=O)C1=Cc2ccccc2OC12C[C@H](Nc1nc3ccc(C)cc3s1)c1ccccc1O2. The van der Waals surface area contributed by atoms with Crippen LogP contribution >= 0.6 is 11.3 Å². The van der Waals surface area contributed by atoms with Gasteiger partial charge in [0.1, 0.15) is 17.1 Å². The molecule has 1 unspecified atom stereocenters. The first-order valence-electron chi connectivity index (χ1n) is 11.0. The lowest BCUT2D eigenvalue weighted by atomic mass is 9.87. The van der Waals surface area contributed by atoms with Gasteiger partial charge in [0, 0.05) is 11.1 Å². The molecule has 0 radical (unpaired) electrons. The molecule has 3 aromatic carbocycles. The number of carbonyl (C=O) groups excluding carboxylic acids is 1. The van der Waals surface area contributed by atoms with Crippen molar-refractivity contribution in [2.75, 3.05) is 12.4 Å². The quantitative estimate of drug-likeness (QED) is 0.377. The summed E-state index contributed by atoms with van der Waals surface area (Å²) in [5.74, 6) is -0.509. The second kappa shape index (κ2) is 7.88. The Morgan fingerprint density at radius 3 is 2.71 bits per heavy atom. The fraction of sp³-hybridized carbons (Fsp3) is 0.185. The highest BCUT2D eigenvalue weighted by Gasteiger charge is 2.51. The number of nitrogens with one attached hydrogen (secondary N) is 1. The van der Waals surface area contributed by atoms with Gasteiger partial charge in [-0.2, -0.15) is 0 Å². The number of carbonyl (C=O) groups is 1. The maximum absolute atomic E-state index is 12.9. The summed E-state index contributed by atoms with van der Waals surface area (Å²) in [5.41, 5.74) is 4.26. The number of thiazole rings is 1. The van der Waals surface area contributed by atoms with Gasteiger partial charge in [-0.3, -0.25) is 0 Å². The molecule has 2 atom stereocenters. The number of rotatable bonds is 3. The van der Waals surface area contributed by atoms with Gasteiger partial charge in [-0.1, -0.05) is 53.8 Å². The summed E-state index contributed by atoms with van der Waals surface area (Å²) in [6.07, 6.45) is 2.16. The molecule has 6 nitrogen and oxygen atoms in total. The number of hydrogen-bond donors (Lipinski definition) is 1. The van der Waals surface area contributed by atoms with Crippen molar-refractivity contribution in [2.24, 2.45) is 0 Å². The Hall–Kier alpha value is -3.84. The summed E-state index contributed by atoms with van der Waals surface area (Å²) in [7, 11) is 1.37. The minimum atomic E-state index is -1.33. The Morgan fingerprint density at radius 1 is 1.09 bits per heavy atom. The van der Waals surface area contributed by atoms with Gasteiger partial charge in [-0.05, 0) is 42.8 Å². The van der Waals surface area contributed by atoms with E-state index in [1.165, 1.54) is 12.7 Å². The van der Waals surface area contributed by atoms with E-state index in [-0.39, 0.29) is 6.04 Å². The molecule has 4 aromatic rings. The normalized spacial score (nSPS) is 20.5. The van der Waals surface area contributed by atoms with Crippen molar-refractivity contribution in [1.29, 1.82) is 0 Å². The van der Waals surface area contributed by atoms with Crippen LogP contribution in [0.2, 0.25) is 0 Å². The molecular weight excluding hydrogens is 448 g/mol. The molecule has 0 saturated heterocycles. The minimum Gasteiger partial charge on any atom is -0.465 e. The number of hydrogen-bond acceptors (Lipinski definition) is 7. The van der Waals surface area contributed by atoms with Crippen molar-refractivity contribution < 1.29 is 19.0 Å². The average molecular weight is 471 g/mol. The van der Waals surface area contributed by atoms with Gasteiger partial charge < -0.3 is 19.5 Å². The van der Waals surface area contributed by atoms with Crippen molar-refractivity contribution >= 4 is 38.7 Å². The molecule has 6 rings (SSSR count). The summed E-state index contributed by atoms with van der Waals surface area (Å²) in [6.45, 7) is 2.07. The van der Waals surface area contributed by atoms with Crippen LogP contribution in [0.1, 0.15) is 29.2 Å². The van der Waals surface area contributed by atoms with E-state index in [4.69, 9.17) is 19.2 Å². The van der Waals surface area contributed by atoms with Crippen LogP contribution in [0.3, 0.4) is 0 Å². The molecule has 0 bridgehead atoms. The summed E-state index contributed by atoms with van der Waals surface area (Å²) in [4.78, 5) is 17.7. The summed E-state index contributed by atoms with van der Waals surface area (Å²) < 4.78 is 19.1. The molecule has 7 heteroatoms. The predicted molar refractivity (Wildman–Crippen MR) is 132 cm³/mol. The third-order valence-corrected chi connectivity index (χ3v) is 7.14. The molecule has 0 amide bonds. The number of aromatic nitrogens is 1. The summed E-state index contributed by atoms with van der Waals surface area (Å²) in [6, 6.07) is 21.4. The van der Waals surface area contributed by atoms with Crippen LogP contribution in [0.25, 0.3) is 16.3 Å². The fourth-order valence-corrected chi connectivity index (χ4v) is 5.59. The average Bonchev–Trinajstić information content (AvgIpc) is 3.24. The molecule has 1 N–H and O–H groups in total. The van der Waals surface area contributed by atoms with Crippen LogP contribution in [0.15, 0.2) is 72.3 Å². The van der Waals surface area contributed by atoms with E-state index in [1.54, 1.807) is 17.4 Å². The van der Waals surface area contributed by atoms with Crippen molar-refractivity contribution in [1.82, 2.24) is 4.98 Å². The topological polar surface area (TPSA) is 69.7 Å². The van der Waals surface area contributed by atoms with Crippen molar-refractivity contribution in [3.63, 3.8) is 0 Å². The molecule has 0 aliphatic carbocycles. The lowest BCUT2D eigenvalue weighted by molar-refractivity contribution is -0.148. The minimum absolute atomic E-state index is 0.204. The van der Waals surface area contributed by atoms with Crippen LogP contribution in [0.4, 0.5) is 5.13 Å². The number of esters is 1. The van der Waals surface area contributed by atoms with Gasteiger partial charge in [-0.15, -0.1) is 0 Å². The highest BCUT2D eigenvalue weighted by molar-refractivity contribution is 7.22. The fourth-order valence-electron chi connectivity index (χ4n) is 4.57. The largest absolute Gasteiger partial charge is 0.465 e. The number of benzene rings is 3. The van der Waals surface area contributed by atoms with Crippen molar-refractivity contribution in [3.8, 4) is 11.5 Å². The molecule has 2 aliphatic rings. The van der Waals surface area contributed by atoms with Crippen LogP contribution in [0, 0.1) is 6.92 Å². The Morgan fingerprint density at radius 2 is 1.85 bits per heavy atom. The predicted octanol–water partition coefficient (Wildman–Crippen LogP) is 5.89. The number of aryl methyl sites for hydroxylation is 1. The molecule has 0 fully saturated rings. The Balaban J connectivity index is 1.44. The van der Waals surface area contributed by atoms with E-state index < -0.39 is 11.8 Å². The number of anilines is 1. The molecule has 3 heterocycles. The number of nitrogens with zero attached hydrogens (tertiary/aromatic N) is 1. The standard InChI is InChI=1S/C27H22N2O4S/c1-16-11-12-20-24(13-16)34-26(28-20)29-21-15-27(33-23-10-6-4-8-18(21)23)19(25(30)31-2)14-17-7-3-5-9-22(17)32-27/h3-14,21H,15H2,1-2H3,(H,28,29)/t21-,27?/m0/s1. The van der Waals surface area contributed by atoms with E-state index in [0.29, 0.717) is 23.5 Å². The van der Waals surface area contributed by atoms with Gasteiger partial charge in [0.05, 0.1) is 29.8 Å². The van der Waals surface area contributed by atoms with E-state index in [2.05, 4.69) is 24.4 Å². The number of ether oxygens (including phenoxy) is 3. The zero-order chi connectivity index (χ0) is 23.3. The molecule has 1 aromatic heterocycles. The number of methoxy groups -OCH3 is 1. The molecule has 170 valence electrons. The first kappa shape index (κ1) is 20.7. The Kier molecular flexibility index (Phi) is 4.81. The maximum Gasteiger partial charge on any atom is 0.341 e. The van der Waals surface area contributed by atoms with Crippen LogP contribution < -0.4 is 14.8 Å². The molecule has 34 heavy (non-hydrogen) atoms. The second-order valence-electron chi connectivity index (χ2n) is 8.47. The lowest BCUT2D eigenvalue weighted by Crippen LogP contribution is -2.52. The molecule has 1 spiro atoms. The summed E-state index contributed by atoms with van der Waals surface area (Å²) >= 11 is 1.60.